The summed E-state index contributed by atoms with van der Waals surface area (Å²) in [6, 6.07) is 14.3. The average molecular weight is 360 g/mol. The number of fused-ring (bicyclic) bond motifs is 1. The molecule has 134 valence electrons. The van der Waals surface area contributed by atoms with Gasteiger partial charge in [-0.2, -0.15) is 9.83 Å². The van der Waals surface area contributed by atoms with Crippen molar-refractivity contribution < 1.29 is 9.47 Å². The van der Waals surface area contributed by atoms with Gasteiger partial charge in [-0.05, 0) is 29.8 Å². The normalized spacial score (nSPS) is 10.9. The molecule has 0 N–H and O–H groups in total. The average Bonchev–Trinajstić information content (AvgIpc) is 2.72. The van der Waals surface area contributed by atoms with Crippen molar-refractivity contribution in [1.29, 1.82) is 0 Å². The monoisotopic (exact) mass is 360 g/mol. The molecule has 7 heteroatoms. The molecule has 4 rings (SSSR count). The highest BCUT2D eigenvalue weighted by atomic mass is 16.5. The highest BCUT2D eigenvalue weighted by molar-refractivity contribution is 5.90. The molecule has 3 heterocycles. The molecule has 0 atom stereocenters. The Kier molecular flexibility index (Phi) is 4.25. The summed E-state index contributed by atoms with van der Waals surface area (Å²) in [7, 11) is 1.60. The van der Waals surface area contributed by atoms with Crippen molar-refractivity contribution in [3.63, 3.8) is 0 Å². The van der Waals surface area contributed by atoms with Crippen molar-refractivity contribution in [2.24, 2.45) is 0 Å². The lowest BCUT2D eigenvalue weighted by atomic mass is 10.1. The number of ether oxygens (including phenoxy) is 1. The molecule has 0 saturated heterocycles. The molecule has 0 radical (unpaired) electrons. The van der Waals surface area contributed by atoms with Crippen LogP contribution in [-0.4, -0.2) is 21.9 Å². The molecule has 0 unspecified atom stereocenters. The van der Waals surface area contributed by atoms with Gasteiger partial charge < -0.3 is 9.94 Å². The second-order valence-corrected chi connectivity index (χ2v) is 6.01. The van der Waals surface area contributed by atoms with Crippen molar-refractivity contribution >= 4 is 10.9 Å². The third kappa shape index (κ3) is 3.22. The Morgan fingerprint density at radius 3 is 2.74 bits per heavy atom. The summed E-state index contributed by atoms with van der Waals surface area (Å²) in [5.74, 6) is 0.694. The van der Waals surface area contributed by atoms with Crippen molar-refractivity contribution in [2.75, 3.05) is 7.11 Å². The van der Waals surface area contributed by atoms with Crippen LogP contribution in [0.1, 0.15) is 5.56 Å². The summed E-state index contributed by atoms with van der Waals surface area (Å²) < 4.78 is 7.39. The lowest BCUT2D eigenvalue weighted by Gasteiger charge is -2.11. The van der Waals surface area contributed by atoms with Crippen molar-refractivity contribution in [3.05, 3.63) is 88.2 Å². The SMILES string of the molecule is COc1cccc(-c2nn(Cc3cc[n+]([O-])cc3)c(=O)c3cccnc23)c1. The molecule has 0 saturated carbocycles. The van der Waals surface area contributed by atoms with Crippen LogP contribution < -0.4 is 15.0 Å². The van der Waals surface area contributed by atoms with Crippen LogP contribution in [0.25, 0.3) is 22.2 Å². The van der Waals surface area contributed by atoms with E-state index in [0.29, 0.717) is 27.1 Å². The van der Waals surface area contributed by atoms with Crippen molar-refractivity contribution in [3.8, 4) is 17.0 Å². The second-order valence-electron chi connectivity index (χ2n) is 6.01. The standard InChI is InChI=1S/C20H16N4O3/c1-27-16-5-2-4-15(12-16)18-19-17(6-3-9-21-19)20(25)24(22-18)13-14-7-10-23(26)11-8-14/h2-12H,13H2,1H3. The zero-order valence-corrected chi connectivity index (χ0v) is 14.6. The predicted octanol–water partition coefficient (Wildman–Crippen LogP) is 2.15. The molecular formula is C20H16N4O3. The molecule has 0 spiro atoms. The van der Waals surface area contributed by atoms with E-state index in [1.807, 2.05) is 24.3 Å². The Balaban J connectivity index is 1.91. The Hall–Kier alpha value is -3.74. The maximum atomic E-state index is 12.9. The molecular weight excluding hydrogens is 344 g/mol. The summed E-state index contributed by atoms with van der Waals surface area (Å²) in [5.41, 5.74) is 2.51. The summed E-state index contributed by atoms with van der Waals surface area (Å²) in [5, 5.41) is 16.3. The molecule has 0 fully saturated rings. The van der Waals surface area contributed by atoms with Gasteiger partial charge in [-0.3, -0.25) is 9.78 Å². The van der Waals surface area contributed by atoms with E-state index in [2.05, 4.69) is 10.1 Å². The van der Waals surface area contributed by atoms with E-state index in [-0.39, 0.29) is 12.1 Å². The van der Waals surface area contributed by atoms with Gasteiger partial charge in [0.25, 0.3) is 5.56 Å². The van der Waals surface area contributed by atoms with Gasteiger partial charge in [-0.1, -0.05) is 12.1 Å². The molecule has 0 aliphatic rings. The van der Waals surface area contributed by atoms with E-state index in [1.54, 1.807) is 37.6 Å². The van der Waals surface area contributed by atoms with Gasteiger partial charge in [0.1, 0.15) is 17.0 Å². The number of hydrogen-bond acceptors (Lipinski definition) is 5. The molecule has 3 aromatic heterocycles. The second kappa shape index (κ2) is 6.87. The number of methoxy groups -OCH3 is 1. The zero-order valence-electron chi connectivity index (χ0n) is 14.6. The first-order valence-electron chi connectivity index (χ1n) is 8.33. The number of rotatable bonds is 4. The van der Waals surface area contributed by atoms with Crippen molar-refractivity contribution in [2.45, 2.75) is 6.54 Å². The third-order valence-corrected chi connectivity index (χ3v) is 4.26. The maximum absolute atomic E-state index is 12.9. The van der Waals surface area contributed by atoms with E-state index < -0.39 is 0 Å². The van der Waals surface area contributed by atoms with Gasteiger partial charge in [-0.25, -0.2) is 4.68 Å². The van der Waals surface area contributed by atoms with Crippen LogP contribution in [0, 0.1) is 5.21 Å². The third-order valence-electron chi connectivity index (χ3n) is 4.26. The zero-order chi connectivity index (χ0) is 18.8. The summed E-state index contributed by atoms with van der Waals surface area (Å²) in [6.07, 6.45) is 4.43. The predicted molar refractivity (Wildman–Crippen MR) is 100 cm³/mol. The topological polar surface area (TPSA) is 84.0 Å². The van der Waals surface area contributed by atoms with E-state index in [4.69, 9.17) is 4.74 Å². The lowest BCUT2D eigenvalue weighted by molar-refractivity contribution is -0.605. The molecule has 0 aliphatic heterocycles. The Morgan fingerprint density at radius 1 is 1.15 bits per heavy atom. The van der Waals surface area contributed by atoms with Gasteiger partial charge in [-0.15, -0.1) is 0 Å². The molecule has 0 bridgehead atoms. The fourth-order valence-electron chi connectivity index (χ4n) is 2.91. The van der Waals surface area contributed by atoms with E-state index in [9.17, 15) is 10.0 Å². The van der Waals surface area contributed by atoms with Gasteiger partial charge in [0, 0.05) is 23.9 Å². The van der Waals surface area contributed by atoms with E-state index >= 15 is 0 Å². The summed E-state index contributed by atoms with van der Waals surface area (Å²) in [6.45, 7) is 0.251. The number of pyridine rings is 2. The summed E-state index contributed by atoms with van der Waals surface area (Å²) in [4.78, 5) is 17.2. The van der Waals surface area contributed by atoms with Crippen LogP contribution in [0.3, 0.4) is 0 Å². The number of aromatic nitrogens is 4. The Morgan fingerprint density at radius 2 is 1.96 bits per heavy atom. The minimum Gasteiger partial charge on any atom is -0.619 e. The molecule has 7 nitrogen and oxygen atoms in total. The molecule has 1 aromatic carbocycles. The minimum atomic E-state index is -0.233. The van der Waals surface area contributed by atoms with Crippen LogP contribution in [0.15, 0.2) is 71.9 Å². The highest BCUT2D eigenvalue weighted by Gasteiger charge is 2.14. The van der Waals surface area contributed by atoms with E-state index in [0.717, 1.165) is 11.1 Å². The van der Waals surface area contributed by atoms with Crippen LogP contribution in [0.2, 0.25) is 0 Å². The Bertz CT molecular complexity index is 1170. The van der Waals surface area contributed by atoms with Crippen molar-refractivity contribution in [1.82, 2.24) is 14.8 Å². The fraction of sp³-hybridized carbons (Fsp3) is 0.100. The van der Waals surface area contributed by atoms with Crippen LogP contribution in [0.4, 0.5) is 0 Å². The molecule has 0 amide bonds. The van der Waals surface area contributed by atoms with Crippen LogP contribution >= 0.6 is 0 Å². The van der Waals surface area contributed by atoms with E-state index in [1.165, 1.54) is 17.1 Å². The van der Waals surface area contributed by atoms with Gasteiger partial charge in [0.15, 0.2) is 12.4 Å². The smallest absolute Gasteiger partial charge is 0.276 e. The Labute approximate surface area is 154 Å². The number of hydrogen-bond donors (Lipinski definition) is 0. The van der Waals surface area contributed by atoms with Crippen LogP contribution in [0.5, 0.6) is 5.75 Å². The minimum absolute atomic E-state index is 0.233. The fourth-order valence-corrected chi connectivity index (χ4v) is 2.91. The van der Waals surface area contributed by atoms with Gasteiger partial charge in [0.2, 0.25) is 0 Å². The molecule has 27 heavy (non-hydrogen) atoms. The first-order valence-corrected chi connectivity index (χ1v) is 8.33. The van der Waals surface area contributed by atoms with Crippen LogP contribution in [-0.2, 0) is 6.54 Å². The van der Waals surface area contributed by atoms with Gasteiger partial charge >= 0.3 is 0 Å². The molecule has 0 aliphatic carbocycles. The highest BCUT2D eigenvalue weighted by Crippen LogP contribution is 2.26. The number of nitrogens with zero attached hydrogens (tertiary/aromatic N) is 4. The molecule has 4 aromatic rings. The first kappa shape index (κ1) is 16.7. The quantitative estimate of drug-likeness (QED) is 0.411. The summed E-state index contributed by atoms with van der Waals surface area (Å²) >= 11 is 0. The largest absolute Gasteiger partial charge is 0.619 e. The maximum Gasteiger partial charge on any atom is 0.276 e. The number of benzene rings is 1. The first-order chi connectivity index (χ1) is 13.2. The lowest BCUT2D eigenvalue weighted by Crippen LogP contribution is -2.27. The van der Waals surface area contributed by atoms with Gasteiger partial charge in [0.05, 0.1) is 19.0 Å².